The number of anilines is 1. The predicted octanol–water partition coefficient (Wildman–Crippen LogP) is 4.72. The first kappa shape index (κ1) is 15.3. The zero-order valence-electron chi connectivity index (χ0n) is 11.4. The number of hydrogen-bond acceptors (Lipinski definition) is 3. The van der Waals surface area contributed by atoms with E-state index in [1.165, 1.54) is 5.57 Å². The van der Waals surface area contributed by atoms with E-state index in [1.54, 1.807) is 11.8 Å². The third-order valence-electron chi connectivity index (χ3n) is 2.73. The molecule has 4 heteroatoms. The highest BCUT2D eigenvalue weighted by atomic mass is 35.5. The average molecular weight is 285 g/mol. The summed E-state index contributed by atoms with van der Waals surface area (Å²) in [5, 5.41) is 7.61. The smallest absolute Gasteiger partial charge is 0.102 e. The summed E-state index contributed by atoms with van der Waals surface area (Å²) in [5.41, 5.74) is 2.41. The molecule has 0 bridgehead atoms. The SMILES string of the molecule is CCN/C(Nc1ccc(Cl)cc1SC)=C(/C)CC. The minimum Gasteiger partial charge on any atom is -0.372 e. The maximum absolute atomic E-state index is 6.01. The third-order valence-corrected chi connectivity index (χ3v) is 3.75. The monoisotopic (exact) mass is 284 g/mol. The van der Waals surface area contributed by atoms with Crippen LogP contribution in [0.3, 0.4) is 0 Å². The molecular formula is C14H21ClN2S. The number of thioether (sulfide) groups is 1. The quantitative estimate of drug-likeness (QED) is 0.739. The lowest BCUT2D eigenvalue weighted by Gasteiger charge is -2.17. The number of hydrogen-bond donors (Lipinski definition) is 2. The van der Waals surface area contributed by atoms with Crippen molar-refractivity contribution in [3.63, 3.8) is 0 Å². The van der Waals surface area contributed by atoms with Crippen LogP contribution in [0.4, 0.5) is 5.69 Å². The molecule has 2 N–H and O–H groups in total. The lowest BCUT2D eigenvalue weighted by atomic mass is 10.2. The van der Waals surface area contributed by atoms with Crippen molar-refractivity contribution >= 4 is 29.1 Å². The number of benzene rings is 1. The summed E-state index contributed by atoms with van der Waals surface area (Å²) in [7, 11) is 0. The molecule has 0 aliphatic carbocycles. The van der Waals surface area contributed by atoms with Gasteiger partial charge >= 0.3 is 0 Å². The van der Waals surface area contributed by atoms with E-state index in [4.69, 9.17) is 11.6 Å². The Kier molecular flexibility index (Phi) is 6.44. The van der Waals surface area contributed by atoms with E-state index in [2.05, 4.69) is 37.7 Å². The van der Waals surface area contributed by atoms with Crippen LogP contribution in [-0.2, 0) is 0 Å². The van der Waals surface area contributed by atoms with Crippen molar-refractivity contribution in [3.8, 4) is 0 Å². The van der Waals surface area contributed by atoms with Crippen LogP contribution in [0.5, 0.6) is 0 Å². The summed E-state index contributed by atoms with van der Waals surface area (Å²) < 4.78 is 0. The van der Waals surface area contributed by atoms with Crippen molar-refractivity contribution in [2.75, 3.05) is 18.1 Å². The van der Waals surface area contributed by atoms with Gasteiger partial charge in [-0.05, 0) is 50.3 Å². The topological polar surface area (TPSA) is 24.1 Å². The number of rotatable bonds is 6. The van der Waals surface area contributed by atoms with Gasteiger partial charge in [0.2, 0.25) is 0 Å². The van der Waals surface area contributed by atoms with Crippen LogP contribution in [-0.4, -0.2) is 12.8 Å². The van der Waals surface area contributed by atoms with Crippen LogP contribution >= 0.6 is 23.4 Å². The molecule has 0 unspecified atom stereocenters. The second-order valence-corrected chi connectivity index (χ2v) is 5.29. The summed E-state index contributed by atoms with van der Waals surface area (Å²) in [6, 6.07) is 5.92. The molecule has 0 saturated carbocycles. The lowest BCUT2D eigenvalue weighted by Crippen LogP contribution is -2.21. The first-order valence-corrected chi connectivity index (χ1v) is 7.76. The Morgan fingerprint density at radius 2 is 2.06 bits per heavy atom. The van der Waals surface area contributed by atoms with Crippen molar-refractivity contribution in [1.82, 2.24) is 5.32 Å². The van der Waals surface area contributed by atoms with Crippen molar-refractivity contribution in [3.05, 3.63) is 34.6 Å². The number of halogens is 1. The second kappa shape index (κ2) is 7.59. The largest absolute Gasteiger partial charge is 0.372 e. The van der Waals surface area contributed by atoms with Crippen LogP contribution in [0, 0.1) is 0 Å². The highest BCUT2D eigenvalue weighted by molar-refractivity contribution is 7.98. The molecule has 0 aliphatic heterocycles. The highest BCUT2D eigenvalue weighted by Gasteiger charge is 2.06. The summed E-state index contributed by atoms with van der Waals surface area (Å²) in [6.07, 6.45) is 3.08. The van der Waals surface area contributed by atoms with Crippen molar-refractivity contribution in [1.29, 1.82) is 0 Å². The van der Waals surface area contributed by atoms with E-state index in [9.17, 15) is 0 Å². The highest BCUT2D eigenvalue weighted by Crippen LogP contribution is 2.29. The molecular weight excluding hydrogens is 264 g/mol. The van der Waals surface area contributed by atoms with Crippen LogP contribution in [0.1, 0.15) is 27.2 Å². The molecule has 0 fully saturated rings. The molecule has 0 spiro atoms. The van der Waals surface area contributed by atoms with E-state index in [1.807, 2.05) is 18.2 Å². The molecule has 0 saturated heterocycles. The Balaban J connectivity index is 3.01. The van der Waals surface area contributed by atoms with Gasteiger partial charge < -0.3 is 10.6 Å². The van der Waals surface area contributed by atoms with Crippen molar-refractivity contribution in [2.45, 2.75) is 32.1 Å². The average Bonchev–Trinajstić information content (AvgIpc) is 2.39. The normalized spacial score (nSPS) is 12.1. The molecule has 1 rings (SSSR count). The van der Waals surface area contributed by atoms with Gasteiger partial charge in [0, 0.05) is 16.5 Å². The minimum absolute atomic E-state index is 0.770. The van der Waals surface area contributed by atoms with Gasteiger partial charge in [-0.15, -0.1) is 11.8 Å². The van der Waals surface area contributed by atoms with E-state index < -0.39 is 0 Å². The summed E-state index contributed by atoms with van der Waals surface area (Å²) in [4.78, 5) is 1.15. The first-order valence-electron chi connectivity index (χ1n) is 6.16. The summed E-state index contributed by atoms with van der Waals surface area (Å²) in [6.45, 7) is 7.30. The van der Waals surface area contributed by atoms with Gasteiger partial charge in [0.25, 0.3) is 0 Å². The summed E-state index contributed by atoms with van der Waals surface area (Å²) in [5.74, 6) is 1.10. The van der Waals surface area contributed by atoms with Gasteiger partial charge in [0.15, 0.2) is 0 Å². The van der Waals surface area contributed by atoms with Crippen molar-refractivity contribution < 1.29 is 0 Å². The molecule has 0 atom stereocenters. The molecule has 1 aromatic carbocycles. The van der Waals surface area contributed by atoms with Crippen LogP contribution in [0.2, 0.25) is 5.02 Å². The van der Waals surface area contributed by atoms with Gasteiger partial charge in [0.1, 0.15) is 5.82 Å². The van der Waals surface area contributed by atoms with Gasteiger partial charge in [-0.3, -0.25) is 0 Å². The molecule has 18 heavy (non-hydrogen) atoms. The van der Waals surface area contributed by atoms with Gasteiger partial charge in [-0.2, -0.15) is 0 Å². The van der Waals surface area contributed by atoms with Gasteiger partial charge in [-0.25, -0.2) is 0 Å². The molecule has 0 heterocycles. The Morgan fingerprint density at radius 3 is 2.61 bits per heavy atom. The molecule has 0 aliphatic rings. The van der Waals surface area contributed by atoms with Crippen molar-refractivity contribution in [2.24, 2.45) is 0 Å². The Hall–Kier alpha value is -0.800. The van der Waals surface area contributed by atoms with Crippen LogP contribution in [0.15, 0.2) is 34.5 Å². The Bertz CT molecular complexity index is 430. The van der Waals surface area contributed by atoms with Gasteiger partial charge in [-0.1, -0.05) is 18.5 Å². The zero-order chi connectivity index (χ0) is 13.5. The predicted molar refractivity (Wildman–Crippen MR) is 83.5 cm³/mol. The van der Waals surface area contributed by atoms with Crippen LogP contribution < -0.4 is 10.6 Å². The maximum Gasteiger partial charge on any atom is 0.102 e. The molecule has 0 radical (unpaired) electrons. The second-order valence-electron chi connectivity index (χ2n) is 4.01. The molecule has 0 aromatic heterocycles. The summed E-state index contributed by atoms with van der Waals surface area (Å²) >= 11 is 7.71. The Labute approximate surface area is 119 Å². The van der Waals surface area contributed by atoms with Crippen LogP contribution in [0.25, 0.3) is 0 Å². The Morgan fingerprint density at radius 1 is 1.33 bits per heavy atom. The number of nitrogens with one attached hydrogen (secondary N) is 2. The molecule has 100 valence electrons. The zero-order valence-corrected chi connectivity index (χ0v) is 13.0. The fraction of sp³-hybridized carbons (Fsp3) is 0.429. The van der Waals surface area contributed by atoms with E-state index >= 15 is 0 Å². The maximum atomic E-state index is 6.01. The fourth-order valence-corrected chi connectivity index (χ4v) is 2.38. The van der Waals surface area contributed by atoms with E-state index in [0.717, 1.165) is 34.4 Å². The standard InChI is InChI=1S/C14H21ClN2S/c1-5-10(3)14(16-6-2)17-12-8-7-11(15)9-13(12)18-4/h7-9,16-17H,5-6H2,1-4H3/b14-10+. The number of allylic oxidation sites excluding steroid dienone is 1. The van der Waals surface area contributed by atoms with Gasteiger partial charge in [0.05, 0.1) is 5.69 Å². The first-order chi connectivity index (χ1) is 8.62. The molecule has 1 aromatic rings. The third kappa shape index (κ3) is 4.14. The molecule has 2 nitrogen and oxygen atoms in total. The van der Waals surface area contributed by atoms with E-state index in [-0.39, 0.29) is 0 Å². The lowest BCUT2D eigenvalue weighted by molar-refractivity contribution is 0.829. The minimum atomic E-state index is 0.770. The van der Waals surface area contributed by atoms with E-state index in [0.29, 0.717) is 0 Å². The fourth-order valence-electron chi connectivity index (χ4n) is 1.56. The molecule has 0 amide bonds.